The molecule has 2 rings (SSSR count). The summed E-state index contributed by atoms with van der Waals surface area (Å²) in [5.74, 6) is 0.0360. The van der Waals surface area contributed by atoms with E-state index in [1.54, 1.807) is 12.1 Å². The van der Waals surface area contributed by atoms with Gasteiger partial charge in [0.1, 0.15) is 5.75 Å². The molecule has 5 N–H and O–H groups in total. The molecule has 158 valence electrons. The number of carboxylic acids is 1. The van der Waals surface area contributed by atoms with Crippen molar-refractivity contribution in [2.24, 2.45) is 5.92 Å². The average Bonchev–Trinajstić information content (AvgIpc) is 2.66. The largest absolute Gasteiger partial charge is 0.506 e. The maximum Gasteiger partial charge on any atom is 0.300 e. The topological polar surface area (TPSA) is 119 Å². The average molecular weight is 395 g/mol. The summed E-state index contributed by atoms with van der Waals surface area (Å²) < 4.78 is 0. The fourth-order valence-corrected chi connectivity index (χ4v) is 3.43. The molecule has 0 heterocycles. The predicted molar refractivity (Wildman–Crippen MR) is 109 cm³/mol. The first-order valence-electron chi connectivity index (χ1n) is 9.97. The van der Waals surface area contributed by atoms with E-state index in [-0.39, 0.29) is 5.75 Å². The van der Waals surface area contributed by atoms with Gasteiger partial charge < -0.3 is 26.0 Å². The zero-order chi connectivity index (χ0) is 20.9. The van der Waals surface area contributed by atoms with E-state index in [1.807, 2.05) is 0 Å². The Morgan fingerprint density at radius 2 is 1.93 bits per heavy atom. The summed E-state index contributed by atoms with van der Waals surface area (Å²) in [6.45, 7) is 3.70. The smallest absolute Gasteiger partial charge is 0.300 e. The van der Waals surface area contributed by atoms with Crippen molar-refractivity contribution in [3.05, 3.63) is 23.8 Å². The van der Waals surface area contributed by atoms with E-state index >= 15 is 0 Å². The molecule has 7 nitrogen and oxygen atoms in total. The van der Waals surface area contributed by atoms with Gasteiger partial charge in [-0.05, 0) is 43.4 Å². The van der Waals surface area contributed by atoms with E-state index in [4.69, 9.17) is 9.90 Å². The van der Waals surface area contributed by atoms with Gasteiger partial charge in [-0.2, -0.15) is 0 Å². The number of aliphatic hydroxyl groups excluding tert-OH is 1. The van der Waals surface area contributed by atoms with Gasteiger partial charge in [-0.3, -0.25) is 9.59 Å². The van der Waals surface area contributed by atoms with E-state index in [0.717, 1.165) is 19.3 Å². The third-order valence-corrected chi connectivity index (χ3v) is 5.01. The van der Waals surface area contributed by atoms with Gasteiger partial charge in [0.05, 0.1) is 11.8 Å². The van der Waals surface area contributed by atoms with Crippen LogP contribution in [0.4, 0.5) is 5.69 Å². The molecule has 28 heavy (non-hydrogen) atoms. The number of carboxylic acid groups (broad SMARTS) is 1. The molecule has 1 aromatic rings. The number of hydrogen-bond acceptors (Lipinski definition) is 5. The fraction of sp³-hybridized carbons (Fsp3) is 0.619. The van der Waals surface area contributed by atoms with Crippen LogP contribution in [0.25, 0.3) is 0 Å². The normalized spacial score (nSPS) is 16.4. The molecule has 1 aliphatic rings. The molecule has 2 unspecified atom stereocenters. The van der Waals surface area contributed by atoms with Gasteiger partial charge in [0.25, 0.3) is 5.97 Å². The highest BCUT2D eigenvalue weighted by Crippen LogP contribution is 2.28. The van der Waals surface area contributed by atoms with Crippen LogP contribution in [-0.2, 0) is 9.59 Å². The van der Waals surface area contributed by atoms with E-state index in [0.29, 0.717) is 30.2 Å². The molecule has 1 saturated carbocycles. The number of amides is 1. The summed E-state index contributed by atoms with van der Waals surface area (Å²) in [6.07, 6.45) is 9.12. The van der Waals surface area contributed by atoms with Crippen LogP contribution in [0, 0.1) is 5.92 Å². The number of hydrogen-bond donors (Lipinski definition) is 5. The summed E-state index contributed by atoms with van der Waals surface area (Å²) in [4.78, 5) is 19.5. The zero-order valence-electron chi connectivity index (χ0n) is 16.9. The van der Waals surface area contributed by atoms with Crippen LogP contribution in [0.5, 0.6) is 5.75 Å². The van der Waals surface area contributed by atoms with Crippen molar-refractivity contribution in [2.75, 3.05) is 11.9 Å². The van der Waals surface area contributed by atoms with Crippen molar-refractivity contribution < 1.29 is 24.9 Å². The second kappa shape index (κ2) is 13.1. The second-order valence-electron chi connectivity index (χ2n) is 7.46. The number of benzene rings is 1. The van der Waals surface area contributed by atoms with Crippen LogP contribution >= 0.6 is 0 Å². The lowest BCUT2D eigenvalue weighted by atomic mass is 9.85. The number of aliphatic hydroxyl groups is 1. The molecule has 0 aromatic heterocycles. The van der Waals surface area contributed by atoms with Crippen LogP contribution in [0.1, 0.15) is 70.5 Å². The van der Waals surface area contributed by atoms with Crippen LogP contribution in [0.15, 0.2) is 18.2 Å². The van der Waals surface area contributed by atoms with Gasteiger partial charge in [-0.25, -0.2) is 0 Å². The predicted octanol–water partition coefficient (Wildman–Crippen LogP) is 3.42. The first-order chi connectivity index (χ1) is 13.3. The molecule has 7 heteroatoms. The Bertz CT molecular complexity index is 598. The standard InChI is InChI=1S/C19H30N2O3.C2H4O2/c1-14(7-8-15-5-3-2-4-6-15)20-12-19(24)16-9-10-18(23)17(11-16)21-13-22;1-2(3)4/h9-11,13-15,19-20,23-24H,2-8,12H2,1H3,(H,21,22);1H3,(H,3,4). The van der Waals surface area contributed by atoms with Gasteiger partial charge in [-0.15, -0.1) is 0 Å². The van der Waals surface area contributed by atoms with Crippen molar-refractivity contribution in [2.45, 2.75) is 70.9 Å². The van der Waals surface area contributed by atoms with Crippen molar-refractivity contribution in [3.8, 4) is 5.75 Å². The molecule has 1 aromatic carbocycles. The van der Waals surface area contributed by atoms with E-state index in [9.17, 15) is 15.0 Å². The number of nitrogens with one attached hydrogen (secondary N) is 2. The number of aliphatic carboxylic acids is 1. The lowest BCUT2D eigenvalue weighted by Gasteiger charge is -2.24. The quantitative estimate of drug-likeness (QED) is 0.323. The second-order valence-corrected chi connectivity index (χ2v) is 7.46. The molecule has 1 amide bonds. The molecule has 1 fully saturated rings. The Morgan fingerprint density at radius 3 is 2.54 bits per heavy atom. The minimum absolute atomic E-state index is 0.00754. The van der Waals surface area contributed by atoms with E-state index in [2.05, 4.69) is 17.6 Å². The fourth-order valence-electron chi connectivity index (χ4n) is 3.43. The first-order valence-corrected chi connectivity index (χ1v) is 9.97. The van der Waals surface area contributed by atoms with E-state index in [1.165, 1.54) is 44.6 Å². The lowest BCUT2D eigenvalue weighted by molar-refractivity contribution is -0.134. The number of rotatable bonds is 9. The summed E-state index contributed by atoms with van der Waals surface area (Å²) in [7, 11) is 0. The van der Waals surface area contributed by atoms with Gasteiger partial charge in [0.2, 0.25) is 6.41 Å². The Morgan fingerprint density at radius 1 is 1.29 bits per heavy atom. The molecule has 0 aliphatic heterocycles. The molecule has 2 atom stereocenters. The summed E-state index contributed by atoms with van der Waals surface area (Å²) in [5.41, 5.74) is 0.982. The Kier molecular flexibility index (Phi) is 11.2. The number of carbonyl (C=O) groups is 2. The summed E-state index contributed by atoms with van der Waals surface area (Å²) in [6, 6.07) is 5.12. The van der Waals surface area contributed by atoms with Gasteiger partial charge in [0.15, 0.2) is 0 Å². The SMILES string of the molecule is CC(=O)O.CC(CCC1CCCCC1)NCC(O)c1ccc(O)c(NC=O)c1. The molecule has 1 aliphatic carbocycles. The van der Waals surface area contributed by atoms with Crippen molar-refractivity contribution in [1.82, 2.24) is 5.32 Å². The number of phenolic OH excluding ortho intramolecular Hbond substituents is 1. The maximum atomic E-state index is 10.5. The minimum Gasteiger partial charge on any atom is -0.506 e. The number of carbonyl (C=O) groups excluding carboxylic acids is 1. The Labute approximate surface area is 167 Å². The third-order valence-electron chi connectivity index (χ3n) is 5.01. The zero-order valence-corrected chi connectivity index (χ0v) is 16.9. The highest BCUT2D eigenvalue weighted by molar-refractivity contribution is 5.75. The van der Waals surface area contributed by atoms with Crippen LogP contribution < -0.4 is 10.6 Å². The minimum atomic E-state index is -0.833. The van der Waals surface area contributed by atoms with Crippen molar-refractivity contribution in [3.63, 3.8) is 0 Å². The molecular weight excluding hydrogens is 360 g/mol. The van der Waals surface area contributed by atoms with Crippen LogP contribution in [0.3, 0.4) is 0 Å². The highest BCUT2D eigenvalue weighted by atomic mass is 16.4. The van der Waals surface area contributed by atoms with E-state index < -0.39 is 12.1 Å². The summed E-state index contributed by atoms with van der Waals surface area (Å²) in [5, 5.41) is 33.2. The molecule has 0 spiro atoms. The lowest BCUT2D eigenvalue weighted by Crippen LogP contribution is -2.31. The van der Waals surface area contributed by atoms with Gasteiger partial charge in [0, 0.05) is 19.5 Å². The third kappa shape index (κ3) is 9.71. The summed E-state index contributed by atoms with van der Waals surface area (Å²) >= 11 is 0. The number of anilines is 1. The molecule has 0 bridgehead atoms. The first kappa shape index (κ1) is 23.9. The maximum absolute atomic E-state index is 10.5. The van der Waals surface area contributed by atoms with Crippen LogP contribution in [0.2, 0.25) is 0 Å². The Hall–Kier alpha value is -2.12. The highest BCUT2D eigenvalue weighted by Gasteiger charge is 2.16. The molecule has 0 saturated heterocycles. The van der Waals surface area contributed by atoms with Crippen molar-refractivity contribution in [1.29, 1.82) is 0 Å². The van der Waals surface area contributed by atoms with Crippen LogP contribution in [-0.4, -0.2) is 40.3 Å². The molecule has 0 radical (unpaired) electrons. The monoisotopic (exact) mass is 394 g/mol. The van der Waals surface area contributed by atoms with Gasteiger partial charge >= 0.3 is 0 Å². The van der Waals surface area contributed by atoms with Gasteiger partial charge in [-0.1, -0.05) is 38.2 Å². The number of aromatic hydroxyl groups is 1. The number of phenols is 1. The molecular formula is C21H34N2O5. The van der Waals surface area contributed by atoms with Crippen molar-refractivity contribution >= 4 is 18.1 Å². The Balaban J connectivity index is 0.000000892.